The van der Waals surface area contributed by atoms with E-state index in [-0.39, 0.29) is 6.23 Å². The highest BCUT2D eigenvalue weighted by atomic mass is 32.2. The molecule has 0 saturated carbocycles. The molecular formula is C14H27NO9S. The molecule has 0 aromatic rings. The van der Waals surface area contributed by atoms with Gasteiger partial charge in [-0.3, -0.25) is 19.5 Å². The van der Waals surface area contributed by atoms with Crippen molar-refractivity contribution in [3.8, 4) is 0 Å². The molecule has 0 bridgehead atoms. The van der Waals surface area contributed by atoms with Crippen molar-refractivity contribution < 1.29 is 42.6 Å². The molecule has 0 aromatic heterocycles. The summed E-state index contributed by atoms with van der Waals surface area (Å²) in [6.07, 6.45) is 1.91. The number of aliphatic hydroxyl groups excluding tert-OH is 1. The highest BCUT2D eigenvalue weighted by Crippen LogP contribution is 2.04. The Labute approximate surface area is 147 Å². The molecule has 0 radical (unpaired) electrons. The van der Waals surface area contributed by atoms with Gasteiger partial charge in [0.25, 0.3) is 10.1 Å². The summed E-state index contributed by atoms with van der Waals surface area (Å²) in [5.41, 5.74) is 0. The Bertz CT molecular complexity index is 481. The first-order valence-electron chi connectivity index (χ1n) is 7.05. The Morgan fingerprint density at radius 1 is 1.20 bits per heavy atom. The highest BCUT2D eigenvalue weighted by molar-refractivity contribution is 7.87. The molecule has 0 aromatic carbocycles. The molecule has 148 valence electrons. The van der Waals surface area contributed by atoms with Gasteiger partial charge in [-0.2, -0.15) is 8.42 Å². The van der Waals surface area contributed by atoms with Gasteiger partial charge < -0.3 is 20.1 Å². The van der Waals surface area contributed by atoms with Crippen molar-refractivity contribution in [1.82, 2.24) is 5.32 Å². The highest BCUT2D eigenvalue weighted by Gasteiger charge is 2.33. The van der Waals surface area contributed by atoms with Crippen molar-refractivity contribution in [1.29, 1.82) is 0 Å². The fourth-order valence-corrected chi connectivity index (χ4v) is 1.62. The normalized spacial score (nSPS) is 12.3. The Morgan fingerprint density at radius 2 is 1.64 bits per heavy atom. The summed E-state index contributed by atoms with van der Waals surface area (Å²) in [7, 11) is -4.84. The molecule has 2 atom stereocenters. The minimum Gasteiger partial charge on any atom is -0.481 e. The van der Waals surface area contributed by atoms with E-state index < -0.39 is 33.7 Å². The number of ether oxygens (including phenoxy) is 1. The van der Waals surface area contributed by atoms with Crippen LogP contribution in [0.4, 0.5) is 0 Å². The molecule has 0 saturated heterocycles. The fourth-order valence-electron chi connectivity index (χ4n) is 1.01. The summed E-state index contributed by atoms with van der Waals surface area (Å²) < 4.78 is 33.6. The van der Waals surface area contributed by atoms with Gasteiger partial charge in [-0.25, -0.2) is 0 Å². The van der Waals surface area contributed by atoms with Gasteiger partial charge in [0.05, 0.1) is 19.6 Å². The van der Waals surface area contributed by atoms with Crippen LogP contribution in [0.2, 0.25) is 0 Å². The molecule has 0 fully saturated rings. The first kappa shape index (κ1) is 28.0. The number of carboxylic acid groups (broad SMARTS) is 2. The Hall–Kier alpha value is -1.79. The molecule has 10 nitrogen and oxygen atoms in total. The summed E-state index contributed by atoms with van der Waals surface area (Å²) in [4.78, 5) is 20.0. The van der Waals surface area contributed by atoms with Gasteiger partial charge in [-0.15, -0.1) is 13.2 Å². The summed E-state index contributed by atoms with van der Waals surface area (Å²) in [6, 6.07) is 0. The predicted octanol–water partition coefficient (Wildman–Crippen LogP) is 0.111. The van der Waals surface area contributed by atoms with E-state index >= 15 is 0 Å². The molecule has 0 spiro atoms. The van der Waals surface area contributed by atoms with E-state index in [1.807, 2.05) is 6.92 Å². The third kappa shape index (κ3) is 24.6. The lowest BCUT2D eigenvalue weighted by molar-refractivity contribution is -0.143. The Morgan fingerprint density at radius 3 is 1.76 bits per heavy atom. The zero-order chi connectivity index (χ0) is 20.5. The minimum absolute atomic E-state index is 0.352. The second-order valence-corrected chi connectivity index (χ2v) is 5.89. The maximum atomic E-state index is 10.2. The maximum Gasteiger partial charge on any atom is 0.325 e. The monoisotopic (exact) mass is 385 g/mol. The van der Waals surface area contributed by atoms with Crippen LogP contribution in [0.5, 0.6) is 0 Å². The second-order valence-electron chi connectivity index (χ2n) is 4.29. The lowest BCUT2D eigenvalue weighted by atomic mass is 10.3. The number of carboxylic acids is 2. The number of hydrogen-bond acceptors (Lipinski definition) is 7. The van der Waals surface area contributed by atoms with E-state index in [0.29, 0.717) is 13.2 Å². The molecule has 2 unspecified atom stereocenters. The average molecular weight is 385 g/mol. The number of carbonyl (C=O) groups is 2. The first-order chi connectivity index (χ1) is 11.4. The summed E-state index contributed by atoms with van der Waals surface area (Å²) >= 11 is 0. The SMILES string of the molecule is C=CCOCC=C.CCNC(C)O.O=C(O)CC(C(=O)O)S(=O)(=O)O. The smallest absolute Gasteiger partial charge is 0.325 e. The van der Waals surface area contributed by atoms with Crippen molar-refractivity contribution in [2.75, 3.05) is 19.8 Å². The minimum atomic E-state index is -4.84. The molecule has 11 heteroatoms. The number of hydrogen-bond donors (Lipinski definition) is 5. The molecule has 0 amide bonds. The average Bonchev–Trinajstić information content (AvgIpc) is 2.45. The predicted molar refractivity (Wildman–Crippen MR) is 91.8 cm³/mol. The van der Waals surface area contributed by atoms with Crippen molar-refractivity contribution >= 4 is 22.1 Å². The van der Waals surface area contributed by atoms with Crippen molar-refractivity contribution in [2.45, 2.75) is 31.7 Å². The number of nitrogens with one attached hydrogen (secondary N) is 1. The lowest BCUT2D eigenvalue weighted by Crippen LogP contribution is -2.31. The van der Waals surface area contributed by atoms with Crippen LogP contribution in [0.25, 0.3) is 0 Å². The van der Waals surface area contributed by atoms with E-state index in [2.05, 4.69) is 18.5 Å². The van der Waals surface area contributed by atoms with E-state index in [9.17, 15) is 18.0 Å². The molecular weight excluding hydrogens is 358 g/mol. The molecule has 0 aliphatic heterocycles. The van der Waals surface area contributed by atoms with Crippen LogP contribution in [0.15, 0.2) is 25.3 Å². The fraction of sp³-hybridized carbons (Fsp3) is 0.571. The van der Waals surface area contributed by atoms with Gasteiger partial charge in [-0.05, 0) is 13.5 Å². The van der Waals surface area contributed by atoms with E-state index in [1.165, 1.54) is 0 Å². The molecule has 25 heavy (non-hydrogen) atoms. The third-order valence-corrected chi connectivity index (χ3v) is 3.05. The number of aliphatic carboxylic acids is 2. The topological polar surface area (TPSA) is 170 Å². The first-order valence-corrected chi connectivity index (χ1v) is 8.56. The van der Waals surface area contributed by atoms with Gasteiger partial charge in [0, 0.05) is 0 Å². The summed E-state index contributed by atoms with van der Waals surface area (Å²) in [6.45, 7) is 12.7. The van der Waals surface area contributed by atoms with Gasteiger partial charge in [0.15, 0.2) is 5.25 Å². The summed E-state index contributed by atoms with van der Waals surface area (Å²) in [5, 5.41) is 25.1. The van der Waals surface area contributed by atoms with Crippen LogP contribution < -0.4 is 5.32 Å². The molecule has 5 N–H and O–H groups in total. The van der Waals surface area contributed by atoms with Gasteiger partial charge in [0.1, 0.15) is 6.23 Å². The van der Waals surface area contributed by atoms with Crippen LogP contribution in [0.3, 0.4) is 0 Å². The van der Waals surface area contributed by atoms with Crippen LogP contribution in [0.1, 0.15) is 20.3 Å². The van der Waals surface area contributed by atoms with Gasteiger partial charge >= 0.3 is 11.9 Å². The quantitative estimate of drug-likeness (QED) is 0.150. The van der Waals surface area contributed by atoms with Crippen molar-refractivity contribution in [3.05, 3.63) is 25.3 Å². The molecule has 0 rings (SSSR count). The molecule has 0 heterocycles. The third-order valence-electron chi connectivity index (χ3n) is 1.97. The van der Waals surface area contributed by atoms with Crippen molar-refractivity contribution in [2.24, 2.45) is 0 Å². The van der Waals surface area contributed by atoms with E-state index in [1.54, 1.807) is 19.1 Å². The second kappa shape index (κ2) is 17.0. The largest absolute Gasteiger partial charge is 0.481 e. The maximum absolute atomic E-state index is 10.2. The molecule has 0 aliphatic rings. The van der Waals surface area contributed by atoms with Crippen LogP contribution in [0, 0.1) is 0 Å². The number of aliphatic hydroxyl groups is 1. The van der Waals surface area contributed by atoms with E-state index in [4.69, 9.17) is 24.6 Å². The zero-order valence-corrected chi connectivity index (χ0v) is 15.1. The lowest BCUT2D eigenvalue weighted by Gasteiger charge is -2.04. The zero-order valence-electron chi connectivity index (χ0n) is 14.3. The number of rotatable bonds is 10. The molecule has 0 aliphatic carbocycles. The van der Waals surface area contributed by atoms with Crippen LogP contribution in [-0.2, 0) is 24.4 Å². The van der Waals surface area contributed by atoms with Gasteiger partial charge in [0.2, 0.25) is 0 Å². The Balaban J connectivity index is -0.000000317. The van der Waals surface area contributed by atoms with Crippen molar-refractivity contribution in [3.63, 3.8) is 0 Å². The Kier molecular flexibility index (Phi) is 19.1. The summed E-state index contributed by atoms with van der Waals surface area (Å²) in [5.74, 6) is -3.50. The van der Waals surface area contributed by atoms with Crippen LogP contribution >= 0.6 is 0 Å². The standard InChI is InChI=1S/C6H10O.C4H11NO.C4H6O7S/c1-3-5-7-6-4-2;1-3-5-4(2)6;5-3(6)1-2(4(7)8)12(9,10)11/h3-4H,1-2,5-6H2;4-6H,3H2,1-2H3;2H,1H2,(H,5,6)(H,7,8)(H,9,10,11). The van der Waals surface area contributed by atoms with Crippen LogP contribution in [-0.4, -0.2) is 71.5 Å². The van der Waals surface area contributed by atoms with Gasteiger partial charge in [-0.1, -0.05) is 19.1 Å². The van der Waals surface area contributed by atoms with E-state index in [0.717, 1.165) is 6.54 Å².